The highest BCUT2D eigenvalue weighted by Crippen LogP contribution is 2.27. The van der Waals surface area contributed by atoms with Crippen LogP contribution in [-0.4, -0.2) is 36.5 Å². The van der Waals surface area contributed by atoms with Gasteiger partial charge >= 0.3 is 12.0 Å². The second-order valence-electron chi connectivity index (χ2n) is 3.26. The van der Waals surface area contributed by atoms with Crippen LogP contribution in [0, 0.1) is 0 Å². The maximum atomic E-state index is 10.3. The zero-order valence-corrected chi connectivity index (χ0v) is 11.0. The molecule has 0 aliphatic rings. The number of carboxylic acid groups (broad SMARTS) is 1. The number of carbonyl (C=O) groups is 2. The quantitative estimate of drug-likeness (QED) is 0.368. The molecule has 1 aromatic rings. The van der Waals surface area contributed by atoms with Crippen LogP contribution in [0.2, 0.25) is 0 Å². The van der Waals surface area contributed by atoms with E-state index in [9.17, 15) is 9.59 Å². The topological polar surface area (TPSA) is 131 Å². The van der Waals surface area contributed by atoms with Crippen molar-refractivity contribution in [1.82, 2.24) is 5.48 Å². The molecule has 20 heavy (non-hydrogen) atoms. The van der Waals surface area contributed by atoms with E-state index in [1.165, 1.54) is 18.7 Å². The maximum Gasteiger partial charge on any atom is 0.335 e. The number of rotatable bonds is 4. The van der Waals surface area contributed by atoms with Crippen LogP contribution in [0.3, 0.4) is 0 Å². The van der Waals surface area contributed by atoms with Crippen LogP contribution in [-0.2, 0) is 4.79 Å². The van der Waals surface area contributed by atoms with E-state index < -0.39 is 12.0 Å². The first kappa shape index (κ1) is 17.3. The van der Waals surface area contributed by atoms with Gasteiger partial charge in [0.05, 0.1) is 14.2 Å². The first-order valence-corrected chi connectivity index (χ1v) is 5.27. The Labute approximate surface area is 115 Å². The number of carbonyl (C=O) groups excluding carboxylic acids is 1. The average Bonchev–Trinajstić information content (AvgIpc) is 2.45. The van der Waals surface area contributed by atoms with E-state index in [0.29, 0.717) is 11.5 Å². The van der Waals surface area contributed by atoms with Crippen molar-refractivity contribution in [1.29, 1.82) is 0 Å². The first-order chi connectivity index (χ1) is 9.44. The SMILES string of the molecule is COc1ccc(C=CC(=O)O)cc1OC.NC(=O)NO. The number of urea groups is 1. The van der Waals surface area contributed by atoms with Gasteiger partial charge in [-0.05, 0) is 23.8 Å². The minimum absolute atomic E-state index is 0.574. The lowest BCUT2D eigenvalue weighted by atomic mass is 10.2. The first-order valence-electron chi connectivity index (χ1n) is 5.27. The number of hydrogen-bond donors (Lipinski definition) is 4. The third-order valence-corrected chi connectivity index (χ3v) is 1.94. The summed E-state index contributed by atoms with van der Waals surface area (Å²) in [5.41, 5.74) is 6.20. The summed E-state index contributed by atoms with van der Waals surface area (Å²) in [6, 6.07) is 4.24. The van der Waals surface area contributed by atoms with Crippen LogP contribution in [0.1, 0.15) is 5.56 Å². The molecular formula is C12H16N2O6. The summed E-state index contributed by atoms with van der Waals surface area (Å²) in [5.74, 6) is 0.208. The minimum Gasteiger partial charge on any atom is -0.493 e. The number of aliphatic carboxylic acids is 1. The Morgan fingerprint density at radius 3 is 2.20 bits per heavy atom. The van der Waals surface area contributed by atoms with E-state index in [-0.39, 0.29) is 0 Å². The molecule has 1 rings (SSSR count). The van der Waals surface area contributed by atoms with Gasteiger partial charge in [-0.2, -0.15) is 0 Å². The van der Waals surface area contributed by atoms with E-state index in [4.69, 9.17) is 19.8 Å². The second-order valence-corrected chi connectivity index (χ2v) is 3.26. The van der Waals surface area contributed by atoms with Crippen molar-refractivity contribution in [2.24, 2.45) is 5.73 Å². The van der Waals surface area contributed by atoms with Gasteiger partial charge in [-0.15, -0.1) is 0 Å². The van der Waals surface area contributed by atoms with Crippen molar-refractivity contribution in [3.8, 4) is 11.5 Å². The van der Waals surface area contributed by atoms with Gasteiger partial charge in [0.2, 0.25) is 0 Å². The van der Waals surface area contributed by atoms with E-state index in [1.807, 2.05) is 0 Å². The van der Waals surface area contributed by atoms with Crippen LogP contribution < -0.4 is 20.7 Å². The van der Waals surface area contributed by atoms with Gasteiger partial charge in [0, 0.05) is 6.08 Å². The number of ether oxygens (including phenoxy) is 2. The molecule has 0 unspecified atom stereocenters. The molecule has 0 radical (unpaired) electrons. The molecule has 0 spiro atoms. The molecule has 0 heterocycles. The van der Waals surface area contributed by atoms with Crippen molar-refractivity contribution in [3.05, 3.63) is 29.8 Å². The van der Waals surface area contributed by atoms with E-state index in [2.05, 4.69) is 5.73 Å². The monoisotopic (exact) mass is 284 g/mol. The van der Waals surface area contributed by atoms with E-state index in [0.717, 1.165) is 11.6 Å². The predicted octanol–water partition coefficient (Wildman–Crippen LogP) is 0.845. The summed E-state index contributed by atoms with van der Waals surface area (Å²) >= 11 is 0. The van der Waals surface area contributed by atoms with Crippen molar-refractivity contribution in [3.63, 3.8) is 0 Å². The number of nitrogens with one attached hydrogen (secondary N) is 1. The molecule has 8 heteroatoms. The van der Waals surface area contributed by atoms with Crippen molar-refractivity contribution in [2.75, 3.05) is 14.2 Å². The second kappa shape index (κ2) is 9.22. The average molecular weight is 284 g/mol. The summed E-state index contributed by atoms with van der Waals surface area (Å²) in [4.78, 5) is 19.5. The summed E-state index contributed by atoms with van der Waals surface area (Å²) < 4.78 is 10.1. The number of amides is 2. The third kappa shape index (κ3) is 6.87. The number of methoxy groups -OCH3 is 2. The molecule has 0 aliphatic heterocycles. The third-order valence-electron chi connectivity index (χ3n) is 1.94. The molecule has 110 valence electrons. The Morgan fingerprint density at radius 2 is 1.80 bits per heavy atom. The fraction of sp³-hybridized carbons (Fsp3) is 0.167. The zero-order chi connectivity index (χ0) is 15.5. The number of hydrogen-bond acceptors (Lipinski definition) is 5. The highest BCUT2D eigenvalue weighted by atomic mass is 16.5. The molecule has 0 aromatic heterocycles. The molecular weight excluding hydrogens is 268 g/mol. The molecule has 1 aromatic carbocycles. The normalized spacial score (nSPS) is 9.35. The smallest absolute Gasteiger partial charge is 0.335 e. The zero-order valence-electron chi connectivity index (χ0n) is 11.0. The van der Waals surface area contributed by atoms with E-state index in [1.54, 1.807) is 25.3 Å². The molecule has 0 atom stereocenters. The Bertz CT molecular complexity index is 487. The fourth-order valence-corrected chi connectivity index (χ4v) is 1.12. The number of carboxylic acids is 1. The van der Waals surface area contributed by atoms with Gasteiger partial charge in [0.15, 0.2) is 11.5 Å². The van der Waals surface area contributed by atoms with Gasteiger partial charge in [0.25, 0.3) is 0 Å². The highest BCUT2D eigenvalue weighted by Gasteiger charge is 2.02. The Balaban J connectivity index is 0.000000621. The van der Waals surface area contributed by atoms with Gasteiger partial charge in [-0.1, -0.05) is 6.07 Å². The highest BCUT2D eigenvalue weighted by molar-refractivity contribution is 5.85. The fourth-order valence-electron chi connectivity index (χ4n) is 1.12. The molecule has 0 bridgehead atoms. The van der Waals surface area contributed by atoms with Crippen LogP contribution in [0.4, 0.5) is 4.79 Å². The molecule has 0 saturated carbocycles. The van der Waals surface area contributed by atoms with Crippen LogP contribution in [0.25, 0.3) is 6.08 Å². The lowest BCUT2D eigenvalue weighted by Gasteiger charge is -2.07. The number of hydroxylamine groups is 1. The van der Waals surface area contributed by atoms with Crippen LogP contribution in [0.15, 0.2) is 24.3 Å². The number of nitrogens with two attached hydrogens (primary N) is 1. The van der Waals surface area contributed by atoms with E-state index >= 15 is 0 Å². The summed E-state index contributed by atoms with van der Waals surface area (Å²) in [6.45, 7) is 0. The Hall–Kier alpha value is -2.74. The van der Waals surface area contributed by atoms with Gasteiger partial charge < -0.3 is 20.3 Å². The molecule has 2 amide bonds. The van der Waals surface area contributed by atoms with Crippen molar-refractivity contribution < 1.29 is 29.4 Å². The summed E-state index contributed by atoms with van der Waals surface area (Å²) in [6.07, 6.45) is 2.56. The number of benzene rings is 1. The molecule has 0 saturated heterocycles. The predicted molar refractivity (Wildman–Crippen MR) is 70.7 cm³/mol. The minimum atomic E-state index is -0.982. The van der Waals surface area contributed by atoms with Gasteiger partial charge in [-0.25, -0.2) is 15.1 Å². The van der Waals surface area contributed by atoms with Gasteiger partial charge in [0.1, 0.15) is 0 Å². The Kier molecular flexibility index (Phi) is 7.96. The Morgan fingerprint density at radius 1 is 1.25 bits per heavy atom. The maximum absolute atomic E-state index is 10.3. The van der Waals surface area contributed by atoms with Crippen molar-refractivity contribution in [2.45, 2.75) is 0 Å². The lowest BCUT2D eigenvalue weighted by Crippen LogP contribution is -2.25. The van der Waals surface area contributed by atoms with Gasteiger partial charge in [-0.3, -0.25) is 5.21 Å². The lowest BCUT2D eigenvalue weighted by molar-refractivity contribution is -0.131. The molecule has 8 nitrogen and oxygen atoms in total. The molecule has 5 N–H and O–H groups in total. The largest absolute Gasteiger partial charge is 0.493 e. The van der Waals surface area contributed by atoms with Crippen molar-refractivity contribution >= 4 is 18.1 Å². The summed E-state index contributed by atoms with van der Waals surface area (Å²) in [5, 5.41) is 15.9. The van der Waals surface area contributed by atoms with Crippen LogP contribution in [0.5, 0.6) is 11.5 Å². The van der Waals surface area contributed by atoms with Crippen LogP contribution >= 0.6 is 0 Å². The standard InChI is InChI=1S/C11H12O4.CH4N2O2/c1-14-9-5-3-8(4-6-11(12)13)7-10(9)15-2;2-1(4)3-5/h3-7H,1-2H3,(H,12,13);5H,(H3,2,3,4). The molecule has 0 aliphatic carbocycles. The molecule has 0 fully saturated rings. The number of primary amides is 1. The summed E-state index contributed by atoms with van der Waals surface area (Å²) in [7, 11) is 3.08.